The van der Waals surface area contributed by atoms with Gasteiger partial charge in [0.2, 0.25) is 0 Å². The lowest BCUT2D eigenvalue weighted by molar-refractivity contribution is -0.385. The molecule has 0 aliphatic carbocycles. The van der Waals surface area contributed by atoms with E-state index < -0.39 is 33.1 Å². The minimum Gasteiger partial charge on any atom is -0.502 e. The van der Waals surface area contributed by atoms with Crippen molar-refractivity contribution in [1.29, 1.82) is 0 Å². The largest absolute Gasteiger partial charge is 0.502 e. The van der Waals surface area contributed by atoms with E-state index in [2.05, 4.69) is 5.32 Å². The molecule has 30 heavy (non-hydrogen) atoms. The second kappa shape index (κ2) is 8.69. The van der Waals surface area contributed by atoms with E-state index in [1.54, 1.807) is 24.3 Å². The lowest BCUT2D eigenvalue weighted by Crippen LogP contribution is -2.14. The number of carbonyl (C=O) groups excluding carboxylic acids is 1. The Morgan fingerprint density at radius 1 is 0.900 bits per heavy atom. The van der Waals surface area contributed by atoms with Crippen molar-refractivity contribution in [3.05, 3.63) is 92.5 Å². The van der Waals surface area contributed by atoms with Crippen molar-refractivity contribution in [2.45, 2.75) is 6.61 Å². The number of hydrogen-bond donors (Lipinski definition) is 2. The zero-order valence-corrected chi connectivity index (χ0v) is 15.3. The van der Waals surface area contributed by atoms with Gasteiger partial charge in [0.1, 0.15) is 12.3 Å². The van der Waals surface area contributed by atoms with E-state index in [-0.39, 0.29) is 12.3 Å². The Morgan fingerprint density at radius 2 is 1.50 bits per heavy atom. The van der Waals surface area contributed by atoms with Crippen LogP contribution in [0.25, 0.3) is 11.1 Å². The molecule has 0 spiro atoms. The summed E-state index contributed by atoms with van der Waals surface area (Å²) in [5.41, 5.74) is 0.317. The van der Waals surface area contributed by atoms with Gasteiger partial charge in [0.05, 0.1) is 9.85 Å². The Bertz CT molecular complexity index is 1120. The molecule has 0 aliphatic rings. The molecule has 3 rings (SSSR count). The topological polar surface area (TPSA) is 145 Å². The zero-order chi connectivity index (χ0) is 21.7. The van der Waals surface area contributed by atoms with Gasteiger partial charge in [-0.25, -0.2) is 4.79 Å². The predicted molar refractivity (Wildman–Crippen MR) is 107 cm³/mol. The number of nitro groups is 2. The van der Waals surface area contributed by atoms with Gasteiger partial charge in [0.25, 0.3) is 5.69 Å². The molecule has 3 aromatic carbocycles. The molecule has 0 saturated heterocycles. The van der Waals surface area contributed by atoms with Gasteiger partial charge in [-0.05, 0) is 28.8 Å². The summed E-state index contributed by atoms with van der Waals surface area (Å²) in [5.74, 6) is -0.516. The molecule has 0 heterocycles. The van der Waals surface area contributed by atoms with Crippen LogP contribution < -0.4 is 5.32 Å². The predicted octanol–water partition coefficient (Wildman–Crippen LogP) is 4.62. The van der Waals surface area contributed by atoms with E-state index in [9.17, 15) is 30.1 Å². The molecule has 152 valence electrons. The second-order valence-corrected chi connectivity index (χ2v) is 6.14. The molecular formula is C20H15N3O7. The van der Waals surface area contributed by atoms with Gasteiger partial charge in [-0.3, -0.25) is 25.5 Å². The second-order valence-electron chi connectivity index (χ2n) is 6.14. The molecule has 0 saturated carbocycles. The summed E-state index contributed by atoms with van der Waals surface area (Å²) in [6.45, 7) is -0.00424. The third-order valence-electron chi connectivity index (χ3n) is 4.15. The summed E-state index contributed by atoms with van der Waals surface area (Å²) < 4.78 is 5.06. The normalized spacial score (nSPS) is 10.3. The van der Waals surface area contributed by atoms with Crippen molar-refractivity contribution in [3.8, 4) is 16.9 Å². The van der Waals surface area contributed by atoms with Crippen LogP contribution in [0.5, 0.6) is 5.75 Å². The van der Waals surface area contributed by atoms with Crippen LogP contribution in [0.3, 0.4) is 0 Å². The van der Waals surface area contributed by atoms with Crippen LogP contribution in [0.4, 0.5) is 21.9 Å². The standard InChI is InChI=1S/C20H15N3O7/c24-19-9-7-15(11-18(19)23(28)29)14-6-8-16(17(10-14)22(26)27)21-20(25)30-12-13-4-2-1-3-5-13/h1-11,24H,12H2,(H,21,25). The quantitative estimate of drug-likeness (QED) is 0.446. The highest BCUT2D eigenvalue weighted by Gasteiger charge is 2.20. The van der Waals surface area contributed by atoms with E-state index in [0.717, 1.165) is 17.7 Å². The van der Waals surface area contributed by atoms with E-state index in [1.165, 1.54) is 24.3 Å². The Labute approximate surface area is 169 Å². The number of phenols is 1. The minimum atomic E-state index is -0.866. The van der Waals surface area contributed by atoms with Crippen LogP contribution in [-0.4, -0.2) is 21.0 Å². The SMILES string of the molecule is O=C(Nc1ccc(-c2ccc(O)c([N+](=O)[O-])c2)cc1[N+](=O)[O-])OCc1ccccc1. The number of benzene rings is 3. The molecule has 10 nitrogen and oxygen atoms in total. The first-order valence-electron chi connectivity index (χ1n) is 8.59. The van der Waals surface area contributed by atoms with Crippen LogP contribution in [0.1, 0.15) is 5.56 Å². The van der Waals surface area contributed by atoms with E-state index in [1.807, 2.05) is 6.07 Å². The highest BCUT2D eigenvalue weighted by Crippen LogP contribution is 2.35. The molecule has 2 N–H and O–H groups in total. The van der Waals surface area contributed by atoms with Gasteiger partial charge in [-0.1, -0.05) is 42.5 Å². The fraction of sp³-hybridized carbons (Fsp3) is 0.0500. The number of ether oxygens (including phenoxy) is 1. The maximum atomic E-state index is 12.0. The number of nitrogens with one attached hydrogen (secondary N) is 1. The van der Waals surface area contributed by atoms with Crippen molar-refractivity contribution in [2.75, 3.05) is 5.32 Å². The highest BCUT2D eigenvalue weighted by molar-refractivity contribution is 5.89. The Morgan fingerprint density at radius 3 is 2.13 bits per heavy atom. The van der Waals surface area contributed by atoms with Crippen molar-refractivity contribution in [3.63, 3.8) is 0 Å². The molecule has 0 radical (unpaired) electrons. The molecule has 0 bridgehead atoms. The van der Waals surface area contributed by atoms with E-state index in [4.69, 9.17) is 4.74 Å². The van der Waals surface area contributed by atoms with Crippen molar-refractivity contribution in [1.82, 2.24) is 0 Å². The number of hydrogen-bond acceptors (Lipinski definition) is 7. The van der Waals surface area contributed by atoms with Crippen molar-refractivity contribution >= 4 is 23.2 Å². The van der Waals surface area contributed by atoms with Crippen LogP contribution >= 0.6 is 0 Å². The fourth-order valence-electron chi connectivity index (χ4n) is 2.69. The average molecular weight is 409 g/mol. The minimum absolute atomic E-state index is 0.00424. The summed E-state index contributed by atoms with van der Waals surface area (Å²) >= 11 is 0. The van der Waals surface area contributed by atoms with Crippen LogP contribution in [0.2, 0.25) is 0 Å². The van der Waals surface area contributed by atoms with E-state index >= 15 is 0 Å². The van der Waals surface area contributed by atoms with Gasteiger partial charge in [-0.2, -0.15) is 0 Å². The molecule has 0 unspecified atom stereocenters. The maximum Gasteiger partial charge on any atom is 0.412 e. The molecule has 0 fully saturated rings. The summed E-state index contributed by atoms with van der Waals surface area (Å²) in [6, 6.07) is 16.5. The number of nitro benzene ring substituents is 2. The number of rotatable bonds is 6. The van der Waals surface area contributed by atoms with Crippen LogP contribution in [0.15, 0.2) is 66.7 Å². The zero-order valence-electron chi connectivity index (χ0n) is 15.3. The van der Waals surface area contributed by atoms with E-state index in [0.29, 0.717) is 11.1 Å². The molecule has 3 aromatic rings. The molecular weight excluding hydrogens is 394 g/mol. The number of aromatic hydroxyl groups is 1. The summed E-state index contributed by atoms with van der Waals surface area (Å²) in [4.78, 5) is 33.0. The molecule has 0 aromatic heterocycles. The van der Waals surface area contributed by atoms with Crippen molar-refractivity contribution in [2.24, 2.45) is 0 Å². The third-order valence-corrected chi connectivity index (χ3v) is 4.15. The number of anilines is 1. The Balaban J connectivity index is 1.82. The first-order valence-corrected chi connectivity index (χ1v) is 8.59. The lowest BCUT2D eigenvalue weighted by Gasteiger charge is -2.09. The lowest BCUT2D eigenvalue weighted by atomic mass is 10.0. The van der Waals surface area contributed by atoms with Gasteiger partial charge < -0.3 is 9.84 Å². The van der Waals surface area contributed by atoms with Crippen LogP contribution in [0, 0.1) is 20.2 Å². The molecule has 0 atom stereocenters. The molecule has 10 heteroatoms. The fourth-order valence-corrected chi connectivity index (χ4v) is 2.69. The average Bonchev–Trinajstić information content (AvgIpc) is 2.73. The van der Waals surface area contributed by atoms with Gasteiger partial charge in [-0.15, -0.1) is 0 Å². The Kier molecular flexibility index (Phi) is 5.87. The number of nitrogens with zero attached hydrogens (tertiary/aromatic N) is 2. The monoisotopic (exact) mass is 409 g/mol. The number of amides is 1. The third kappa shape index (κ3) is 4.68. The highest BCUT2D eigenvalue weighted by atomic mass is 16.6. The Hall–Kier alpha value is -4.47. The smallest absolute Gasteiger partial charge is 0.412 e. The number of phenolic OH excluding ortho intramolecular Hbond substituents is 1. The maximum absolute atomic E-state index is 12.0. The molecule has 0 aliphatic heterocycles. The van der Waals surface area contributed by atoms with Gasteiger partial charge in [0.15, 0.2) is 5.75 Å². The first-order chi connectivity index (χ1) is 14.3. The van der Waals surface area contributed by atoms with Gasteiger partial charge in [0, 0.05) is 12.1 Å². The summed E-state index contributed by atoms with van der Waals surface area (Å²) in [5, 5.41) is 34.3. The first kappa shape index (κ1) is 20.3. The molecule has 1 amide bonds. The van der Waals surface area contributed by atoms with Gasteiger partial charge >= 0.3 is 11.8 Å². The summed E-state index contributed by atoms with van der Waals surface area (Å²) in [7, 11) is 0. The summed E-state index contributed by atoms with van der Waals surface area (Å²) in [6.07, 6.45) is -0.866. The van der Waals surface area contributed by atoms with Crippen LogP contribution in [-0.2, 0) is 11.3 Å². The number of carbonyl (C=O) groups is 1. The van der Waals surface area contributed by atoms with Crippen molar-refractivity contribution < 1.29 is 24.5 Å².